The van der Waals surface area contributed by atoms with Crippen molar-refractivity contribution in [2.24, 2.45) is 0 Å². The Balaban J connectivity index is 2.28. The van der Waals surface area contributed by atoms with Gasteiger partial charge in [0.1, 0.15) is 6.17 Å². The van der Waals surface area contributed by atoms with Crippen LogP contribution in [-0.4, -0.2) is 6.17 Å². The van der Waals surface area contributed by atoms with Gasteiger partial charge in [-0.25, -0.2) is 4.39 Å². The molecule has 15 heavy (non-hydrogen) atoms. The lowest BCUT2D eigenvalue weighted by Crippen LogP contribution is -2.30. The molecular formula is C13H14FN. The van der Waals surface area contributed by atoms with E-state index in [2.05, 4.69) is 6.07 Å². The highest BCUT2D eigenvalue weighted by molar-refractivity contribution is 5.32. The summed E-state index contributed by atoms with van der Waals surface area (Å²) >= 11 is 0. The van der Waals surface area contributed by atoms with E-state index in [1.807, 2.05) is 30.3 Å². The van der Waals surface area contributed by atoms with E-state index in [1.54, 1.807) is 0 Å². The van der Waals surface area contributed by atoms with Crippen molar-refractivity contribution in [3.63, 3.8) is 0 Å². The van der Waals surface area contributed by atoms with Crippen LogP contribution in [0.1, 0.15) is 31.2 Å². The van der Waals surface area contributed by atoms with Gasteiger partial charge in [-0.2, -0.15) is 5.26 Å². The van der Waals surface area contributed by atoms with Gasteiger partial charge in [-0.05, 0) is 31.2 Å². The summed E-state index contributed by atoms with van der Waals surface area (Å²) in [6.45, 7) is 0. The van der Waals surface area contributed by atoms with E-state index in [4.69, 9.17) is 0 Å². The molecule has 2 rings (SSSR count). The molecule has 0 atom stereocenters. The molecule has 1 aromatic rings. The quantitative estimate of drug-likeness (QED) is 0.686. The number of nitriles is 1. The zero-order chi connectivity index (χ0) is 10.7. The minimum Gasteiger partial charge on any atom is -0.247 e. The molecule has 0 N–H and O–H groups in total. The number of hydrogen-bond acceptors (Lipinski definition) is 1. The van der Waals surface area contributed by atoms with E-state index in [-0.39, 0.29) is 0 Å². The fourth-order valence-corrected chi connectivity index (χ4v) is 2.30. The molecule has 1 aliphatic rings. The highest BCUT2D eigenvalue weighted by Gasteiger charge is 2.36. The molecule has 2 heteroatoms. The Morgan fingerprint density at radius 3 is 2.33 bits per heavy atom. The number of rotatable bonds is 1. The van der Waals surface area contributed by atoms with Crippen LogP contribution in [0.2, 0.25) is 0 Å². The first-order valence-corrected chi connectivity index (χ1v) is 5.38. The van der Waals surface area contributed by atoms with E-state index < -0.39 is 11.6 Å². The molecule has 78 valence electrons. The molecule has 1 aromatic carbocycles. The van der Waals surface area contributed by atoms with Gasteiger partial charge < -0.3 is 0 Å². The van der Waals surface area contributed by atoms with Gasteiger partial charge in [0.15, 0.2) is 0 Å². The van der Waals surface area contributed by atoms with Crippen molar-refractivity contribution < 1.29 is 4.39 Å². The number of hydrogen-bond donors (Lipinski definition) is 0. The summed E-state index contributed by atoms with van der Waals surface area (Å²) in [7, 11) is 0. The fourth-order valence-electron chi connectivity index (χ4n) is 2.30. The Kier molecular flexibility index (Phi) is 2.73. The van der Waals surface area contributed by atoms with Crippen LogP contribution >= 0.6 is 0 Å². The number of benzene rings is 1. The van der Waals surface area contributed by atoms with E-state index in [1.165, 1.54) is 0 Å². The molecule has 1 nitrogen and oxygen atoms in total. The van der Waals surface area contributed by atoms with Crippen molar-refractivity contribution in [1.29, 1.82) is 5.26 Å². The second kappa shape index (κ2) is 4.02. The zero-order valence-corrected chi connectivity index (χ0v) is 8.62. The molecular weight excluding hydrogens is 189 g/mol. The van der Waals surface area contributed by atoms with Crippen LogP contribution in [0.15, 0.2) is 30.3 Å². The first kappa shape index (κ1) is 10.2. The Bertz CT molecular complexity index is 358. The summed E-state index contributed by atoms with van der Waals surface area (Å²) in [6, 6.07) is 12.2. The predicted molar refractivity (Wildman–Crippen MR) is 57.1 cm³/mol. The second-order valence-electron chi connectivity index (χ2n) is 4.23. The van der Waals surface area contributed by atoms with E-state index in [0.29, 0.717) is 25.7 Å². The fraction of sp³-hybridized carbons (Fsp3) is 0.462. The Morgan fingerprint density at radius 2 is 1.80 bits per heavy atom. The highest BCUT2D eigenvalue weighted by atomic mass is 19.1. The van der Waals surface area contributed by atoms with Crippen LogP contribution in [-0.2, 0) is 5.41 Å². The Labute approximate surface area is 89.5 Å². The maximum absolute atomic E-state index is 13.1. The maximum atomic E-state index is 13.1. The average molecular weight is 203 g/mol. The van der Waals surface area contributed by atoms with Crippen LogP contribution < -0.4 is 0 Å². The van der Waals surface area contributed by atoms with Gasteiger partial charge in [-0.15, -0.1) is 0 Å². The van der Waals surface area contributed by atoms with Crippen molar-refractivity contribution in [1.82, 2.24) is 0 Å². The molecule has 0 heterocycles. The first-order valence-electron chi connectivity index (χ1n) is 5.38. The molecule has 0 amide bonds. The minimum absolute atomic E-state index is 0.441. The maximum Gasteiger partial charge on any atom is 0.100 e. The van der Waals surface area contributed by atoms with Crippen molar-refractivity contribution in [2.75, 3.05) is 0 Å². The highest BCUT2D eigenvalue weighted by Crippen LogP contribution is 2.39. The van der Waals surface area contributed by atoms with Crippen molar-refractivity contribution in [3.05, 3.63) is 35.9 Å². The number of alkyl halides is 1. The smallest absolute Gasteiger partial charge is 0.100 e. The monoisotopic (exact) mass is 203 g/mol. The second-order valence-corrected chi connectivity index (χ2v) is 4.23. The molecule has 1 fully saturated rings. The molecule has 1 saturated carbocycles. The van der Waals surface area contributed by atoms with Gasteiger partial charge in [-0.1, -0.05) is 30.3 Å². The van der Waals surface area contributed by atoms with Crippen molar-refractivity contribution in [2.45, 2.75) is 37.3 Å². The van der Waals surface area contributed by atoms with Gasteiger partial charge in [0.2, 0.25) is 0 Å². The summed E-state index contributed by atoms with van der Waals surface area (Å²) in [5, 5.41) is 9.31. The lowest BCUT2D eigenvalue weighted by Gasteiger charge is -2.32. The number of nitrogens with zero attached hydrogens (tertiary/aromatic N) is 1. The van der Waals surface area contributed by atoms with Crippen molar-refractivity contribution >= 4 is 0 Å². The Hall–Kier alpha value is -1.36. The van der Waals surface area contributed by atoms with Crippen LogP contribution in [0.5, 0.6) is 0 Å². The van der Waals surface area contributed by atoms with E-state index in [9.17, 15) is 9.65 Å². The van der Waals surface area contributed by atoms with Crippen LogP contribution in [0.4, 0.5) is 4.39 Å². The summed E-state index contributed by atoms with van der Waals surface area (Å²) in [5.41, 5.74) is 0.600. The molecule has 0 radical (unpaired) electrons. The molecule has 0 bridgehead atoms. The van der Waals surface area contributed by atoms with Gasteiger partial charge in [0.05, 0.1) is 11.5 Å². The Morgan fingerprint density at radius 1 is 1.20 bits per heavy atom. The summed E-state index contributed by atoms with van der Waals surface area (Å²) < 4.78 is 13.1. The van der Waals surface area contributed by atoms with Crippen LogP contribution in [0.25, 0.3) is 0 Å². The van der Waals surface area contributed by atoms with Crippen molar-refractivity contribution in [3.8, 4) is 6.07 Å². The summed E-state index contributed by atoms with van der Waals surface area (Å²) in [6.07, 6.45) is 1.61. The van der Waals surface area contributed by atoms with Crippen LogP contribution in [0.3, 0.4) is 0 Å². The molecule has 0 aliphatic heterocycles. The number of halogens is 1. The standard InChI is InChI=1S/C13H14FN/c14-12-6-8-13(10-15,9-7-12)11-4-2-1-3-5-11/h1-5,12H,6-9H2. The van der Waals surface area contributed by atoms with E-state index >= 15 is 0 Å². The lowest BCUT2D eigenvalue weighted by molar-refractivity contribution is 0.209. The minimum atomic E-state index is -0.713. The third kappa shape index (κ3) is 1.87. The topological polar surface area (TPSA) is 23.8 Å². The zero-order valence-electron chi connectivity index (χ0n) is 8.62. The largest absolute Gasteiger partial charge is 0.247 e. The molecule has 0 aromatic heterocycles. The molecule has 0 saturated heterocycles. The SMILES string of the molecule is N#CC1(c2ccccc2)CCC(F)CC1. The normalized spacial score (nSPS) is 30.8. The molecule has 1 aliphatic carbocycles. The van der Waals surface area contributed by atoms with Crippen LogP contribution in [0, 0.1) is 11.3 Å². The third-order valence-corrected chi connectivity index (χ3v) is 3.31. The molecule has 0 spiro atoms. The molecule has 0 unspecified atom stereocenters. The van der Waals surface area contributed by atoms with Gasteiger partial charge >= 0.3 is 0 Å². The van der Waals surface area contributed by atoms with Gasteiger partial charge in [-0.3, -0.25) is 0 Å². The first-order chi connectivity index (χ1) is 7.27. The summed E-state index contributed by atoms with van der Waals surface area (Å²) in [4.78, 5) is 0. The third-order valence-electron chi connectivity index (χ3n) is 3.31. The van der Waals surface area contributed by atoms with Gasteiger partial charge in [0, 0.05) is 0 Å². The lowest BCUT2D eigenvalue weighted by atomic mass is 9.70. The average Bonchev–Trinajstić information content (AvgIpc) is 2.32. The van der Waals surface area contributed by atoms with Gasteiger partial charge in [0.25, 0.3) is 0 Å². The van der Waals surface area contributed by atoms with E-state index in [0.717, 1.165) is 5.56 Å². The summed E-state index contributed by atoms with van der Waals surface area (Å²) in [5.74, 6) is 0. The predicted octanol–water partition coefficient (Wildman–Crippen LogP) is 3.36.